The van der Waals surface area contributed by atoms with E-state index in [4.69, 9.17) is 0 Å². The van der Waals surface area contributed by atoms with Gasteiger partial charge in [-0.15, -0.1) is 0 Å². The first-order chi connectivity index (χ1) is 12.5. The largest absolute Gasteiger partial charge is 0.318 e. The molecule has 2 aromatic carbocycles. The van der Waals surface area contributed by atoms with Crippen molar-refractivity contribution in [3.8, 4) is 5.69 Å². The Balaban J connectivity index is 1.83. The standard InChI is InChI=1S/C22H23N3O/c1-15-10-16(2)12-21(11-15)25-17(3)13-20(18(25)4)14-23-24-22(26)19-8-6-5-7-9-19/h5-14H,1-4H3,(H,24,26)/b23-14-. The number of hydrogen-bond donors (Lipinski definition) is 1. The van der Waals surface area contributed by atoms with Crippen molar-refractivity contribution in [3.05, 3.63) is 88.2 Å². The number of hydrazone groups is 1. The molecule has 0 radical (unpaired) electrons. The molecule has 1 N–H and O–H groups in total. The fraction of sp³-hybridized carbons (Fsp3) is 0.182. The van der Waals surface area contributed by atoms with Crippen LogP contribution < -0.4 is 5.43 Å². The predicted octanol–water partition coefficient (Wildman–Crippen LogP) is 4.47. The molecule has 4 heteroatoms. The van der Waals surface area contributed by atoms with Crippen molar-refractivity contribution in [1.29, 1.82) is 0 Å². The van der Waals surface area contributed by atoms with Crippen LogP contribution in [-0.2, 0) is 0 Å². The van der Waals surface area contributed by atoms with Crippen LogP contribution in [0, 0.1) is 27.7 Å². The monoisotopic (exact) mass is 345 g/mol. The Morgan fingerprint density at radius 3 is 2.27 bits per heavy atom. The number of amides is 1. The van der Waals surface area contributed by atoms with Crippen LogP contribution >= 0.6 is 0 Å². The highest BCUT2D eigenvalue weighted by Gasteiger charge is 2.10. The third-order valence-corrected chi connectivity index (χ3v) is 4.34. The van der Waals surface area contributed by atoms with Crippen LogP contribution in [0.3, 0.4) is 0 Å². The van der Waals surface area contributed by atoms with Gasteiger partial charge in [-0.2, -0.15) is 5.10 Å². The summed E-state index contributed by atoms with van der Waals surface area (Å²) in [7, 11) is 0. The number of carbonyl (C=O) groups excluding carboxylic acids is 1. The molecule has 4 nitrogen and oxygen atoms in total. The average molecular weight is 345 g/mol. The highest BCUT2D eigenvalue weighted by molar-refractivity contribution is 5.94. The molecule has 0 bridgehead atoms. The molecule has 3 aromatic rings. The van der Waals surface area contributed by atoms with Crippen molar-refractivity contribution in [2.45, 2.75) is 27.7 Å². The summed E-state index contributed by atoms with van der Waals surface area (Å²) in [4.78, 5) is 12.1. The highest BCUT2D eigenvalue weighted by atomic mass is 16.2. The van der Waals surface area contributed by atoms with E-state index in [1.807, 2.05) is 18.2 Å². The lowest BCUT2D eigenvalue weighted by molar-refractivity contribution is 0.0955. The van der Waals surface area contributed by atoms with Crippen molar-refractivity contribution in [2.75, 3.05) is 0 Å². The van der Waals surface area contributed by atoms with Gasteiger partial charge in [-0.3, -0.25) is 4.79 Å². The van der Waals surface area contributed by atoms with Crippen molar-refractivity contribution in [1.82, 2.24) is 9.99 Å². The van der Waals surface area contributed by atoms with E-state index in [0.717, 1.165) is 22.6 Å². The minimum atomic E-state index is -0.218. The van der Waals surface area contributed by atoms with E-state index in [1.165, 1.54) is 11.1 Å². The van der Waals surface area contributed by atoms with Gasteiger partial charge in [0.2, 0.25) is 0 Å². The van der Waals surface area contributed by atoms with E-state index in [9.17, 15) is 4.79 Å². The summed E-state index contributed by atoms with van der Waals surface area (Å²) >= 11 is 0. The number of benzene rings is 2. The molecular formula is C22H23N3O. The molecule has 0 aliphatic carbocycles. The molecule has 0 saturated heterocycles. The van der Waals surface area contributed by atoms with Gasteiger partial charge in [0.15, 0.2) is 0 Å². The lowest BCUT2D eigenvalue weighted by Gasteiger charge is -2.11. The molecule has 3 rings (SSSR count). The highest BCUT2D eigenvalue weighted by Crippen LogP contribution is 2.21. The molecule has 0 fully saturated rings. The van der Waals surface area contributed by atoms with Crippen LogP contribution in [0.2, 0.25) is 0 Å². The first kappa shape index (κ1) is 17.7. The minimum absolute atomic E-state index is 0.218. The Kier molecular flexibility index (Phi) is 5.03. The van der Waals surface area contributed by atoms with Gasteiger partial charge in [-0.1, -0.05) is 24.3 Å². The number of aromatic nitrogens is 1. The van der Waals surface area contributed by atoms with Crippen molar-refractivity contribution in [3.63, 3.8) is 0 Å². The summed E-state index contributed by atoms with van der Waals surface area (Å²) in [5.74, 6) is -0.218. The number of hydrogen-bond acceptors (Lipinski definition) is 2. The van der Waals surface area contributed by atoms with Gasteiger partial charge in [0.1, 0.15) is 0 Å². The third kappa shape index (κ3) is 3.75. The van der Waals surface area contributed by atoms with Gasteiger partial charge in [0.05, 0.1) is 6.21 Å². The summed E-state index contributed by atoms with van der Waals surface area (Å²) in [5.41, 5.74) is 9.98. The zero-order valence-corrected chi connectivity index (χ0v) is 15.6. The Morgan fingerprint density at radius 1 is 0.962 bits per heavy atom. The molecular weight excluding hydrogens is 322 g/mol. The Labute approximate surface area is 154 Å². The molecule has 0 aliphatic rings. The maximum absolute atomic E-state index is 12.1. The van der Waals surface area contributed by atoms with Crippen molar-refractivity contribution in [2.24, 2.45) is 5.10 Å². The Morgan fingerprint density at radius 2 is 1.62 bits per heavy atom. The first-order valence-corrected chi connectivity index (χ1v) is 8.62. The molecule has 132 valence electrons. The zero-order chi connectivity index (χ0) is 18.7. The van der Waals surface area contributed by atoms with E-state index in [-0.39, 0.29) is 5.91 Å². The maximum atomic E-state index is 12.1. The fourth-order valence-corrected chi connectivity index (χ4v) is 3.21. The molecule has 26 heavy (non-hydrogen) atoms. The fourth-order valence-electron chi connectivity index (χ4n) is 3.21. The summed E-state index contributed by atoms with van der Waals surface area (Å²) in [6.45, 7) is 8.34. The molecule has 0 atom stereocenters. The van der Waals surface area contributed by atoms with Crippen LogP contribution in [0.25, 0.3) is 5.69 Å². The average Bonchev–Trinajstić information content (AvgIpc) is 2.88. The lowest BCUT2D eigenvalue weighted by atomic mass is 10.1. The van der Waals surface area contributed by atoms with E-state index in [1.54, 1.807) is 18.3 Å². The van der Waals surface area contributed by atoms with E-state index >= 15 is 0 Å². The van der Waals surface area contributed by atoms with Crippen molar-refractivity contribution >= 4 is 12.1 Å². The van der Waals surface area contributed by atoms with Crippen LogP contribution in [0.15, 0.2) is 59.7 Å². The number of carbonyl (C=O) groups is 1. The predicted molar refractivity (Wildman–Crippen MR) is 106 cm³/mol. The second kappa shape index (κ2) is 7.40. The molecule has 0 spiro atoms. The van der Waals surface area contributed by atoms with E-state index in [2.05, 4.69) is 67.1 Å². The van der Waals surface area contributed by atoms with Crippen LogP contribution in [-0.4, -0.2) is 16.7 Å². The molecule has 0 aliphatic heterocycles. The minimum Gasteiger partial charge on any atom is -0.318 e. The second-order valence-electron chi connectivity index (χ2n) is 6.57. The third-order valence-electron chi connectivity index (χ3n) is 4.34. The van der Waals surface area contributed by atoms with Crippen LogP contribution in [0.1, 0.15) is 38.4 Å². The van der Waals surface area contributed by atoms with Crippen LogP contribution in [0.4, 0.5) is 0 Å². The SMILES string of the molecule is Cc1cc(C)cc(-n2c(C)cc(/C=N\NC(=O)c3ccccc3)c2C)c1. The Hall–Kier alpha value is -3.14. The number of rotatable bonds is 4. The lowest BCUT2D eigenvalue weighted by Crippen LogP contribution is -2.17. The van der Waals surface area contributed by atoms with E-state index < -0.39 is 0 Å². The van der Waals surface area contributed by atoms with E-state index in [0.29, 0.717) is 5.56 Å². The van der Waals surface area contributed by atoms with Gasteiger partial charge in [0, 0.05) is 28.2 Å². The first-order valence-electron chi connectivity index (χ1n) is 8.62. The Bertz CT molecular complexity index is 948. The van der Waals surface area contributed by atoms with Crippen molar-refractivity contribution < 1.29 is 4.79 Å². The molecule has 0 unspecified atom stereocenters. The quantitative estimate of drug-likeness (QED) is 0.550. The molecule has 1 aromatic heterocycles. The number of aryl methyl sites for hydroxylation is 3. The van der Waals surface area contributed by atoms with Gasteiger partial charge in [0.25, 0.3) is 5.91 Å². The molecule has 0 saturated carbocycles. The normalized spacial score (nSPS) is 11.1. The van der Waals surface area contributed by atoms with Crippen LogP contribution in [0.5, 0.6) is 0 Å². The topological polar surface area (TPSA) is 46.4 Å². The maximum Gasteiger partial charge on any atom is 0.271 e. The summed E-state index contributed by atoms with van der Waals surface area (Å²) in [6.07, 6.45) is 1.70. The second-order valence-corrected chi connectivity index (χ2v) is 6.57. The smallest absolute Gasteiger partial charge is 0.271 e. The molecule has 1 amide bonds. The summed E-state index contributed by atoms with van der Waals surface area (Å²) in [5, 5.41) is 4.12. The van der Waals surface area contributed by atoms with Gasteiger partial charge < -0.3 is 4.57 Å². The van der Waals surface area contributed by atoms with Gasteiger partial charge in [-0.25, -0.2) is 5.43 Å². The zero-order valence-electron chi connectivity index (χ0n) is 15.6. The summed E-state index contributed by atoms with van der Waals surface area (Å²) < 4.78 is 2.21. The molecule has 1 heterocycles. The van der Waals surface area contributed by atoms with Gasteiger partial charge >= 0.3 is 0 Å². The van der Waals surface area contributed by atoms with Gasteiger partial charge in [-0.05, 0) is 69.2 Å². The summed E-state index contributed by atoms with van der Waals surface area (Å²) in [6, 6.07) is 17.6. The number of nitrogens with zero attached hydrogens (tertiary/aromatic N) is 2. The number of nitrogens with one attached hydrogen (secondary N) is 1.